The summed E-state index contributed by atoms with van der Waals surface area (Å²) in [6.45, 7) is 7.37. The van der Waals surface area contributed by atoms with Crippen molar-refractivity contribution in [2.75, 3.05) is 40.8 Å². The van der Waals surface area contributed by atoms with Crippen molar-refractivity contribution in [1.82, 2.24) is 9.80 Å². The molecule has 0 aromatic carbocycles. The molecule has 0 aromatic heterocycles. The first-order chi connectivity index (χ1) is 8.39. The molecule has 0 bridgehead atoms. The summed E-state index contributed by atoms with van der Waals surface area (Å²) in [4.78, 5) is 4.88. The molecule has 0 saturated carbocycles. The second-order valence-corrected chi connectivity index (χ2v) is 6.26. The topological polar surface area (TPSA) is 41.7 Å². The summed E-state index contributed by atoms with van der Waals surface area (Å²) >= 11 is 0. The van der Waals surface area contributed by atoms with Crippen molar-refractivity contribution >= 4 is 0 Å². The Bertz CT molecular complexity index is 237. The zero-order valence-electron chi connectivity index (χ0n) is 12.8. The molecule has 4 heteroatoms. The second-order valence-electron chi connectivity index (χ2n) is 6.26. The number of likely N-dealkylation sites (tertiary alicyclic amines) is 1. The molecule has 0 spiro atoms. The van der Waals surface area contributed by atoms with E-state index in [-0.39, 0.29) is 5.60 Å². The minimum absolute atomic E-state index is 0.0935. The summed E-state index contributed by atoms with van der Waals surface area (Å²) in [5.74, 6) is 0. The summed E-state index contributed by atoms with van der Waals surface area (Å²) in [6.07, 6.45) is 3.48. The van der Waals surface area contributed by atoms with Crippen LogP contribution in [-0.4, -0.2) is 68.3 Å². The minimum Gasteiger partial charge on any atom is -0.379 e. The van der Waals surface area contributed by atoms with Gasteiger partial charge in [-0.15, -0.1) is 0 Å². The fourth-order valence-corrected chi connectivity index (χ4v) is 2.74. The van der Waals surface area contributed by atoms with E-state index in [1.807, 2.05) is 0 Å². The average Bonchev–Trinajstić information content (AvgIpc) is 2.36. The predicted octanol–water partition coefficient (Wildman–Crippen LogP) is 1.15. The molecule has 1 heterocycles. The highest BCUT2D eigenvalue weighted by molar-refractivity contribution is 4.85. The highest BCUT2D eigenvalue weighted by atomic mass is 16.5. The normalized spacial score (nSPS) is 21.5. The first-order valence-corrected chi connectivity index (χ1v) is 7.05. The van der Waals surface area contributed by atoms with Gasteiger partial charge in [0, 0.05) is 25.7 Å². The maximum absolute atomic E-state index is 5.96. The Balaban J connectivity index is 2.53. The zero-order chi connectivity index (χ0) is 13.8. The van der Waals surface area contributed by atoms with Crippen LogP contribution < -0.4 is 5.73 Å². The van der Waals surface area contributed by atoms with Gasteiger partial charge in [0.25, 0.3) is 0 Å². The van der Waals surface area contributed by atoms with Crippen molar-refractivity contribution in [3.8, 4) is 0 Å². The van der Waals surface area contributed by atoms with E-state index in [4.69, 9.17) is 10.5 Å². The Hall–Kier alpha value is -0.160. The summed E-state index contributed by atoms with van der Waals surface area (Å²) in [5, 5.41) is 0. The molecule has 18 heavy (non-hydrogen) atoms. The van der Waals surface area contributed by atoms with E-state index in [0.29, 0.717) is 18.6 Å². The van der Waals surface area contributed by atoms with E-state index < -0.39 is 0 Å². The van der Waals surface area contributed by atoms with Crippen molar-refractivity contribution in [3.63, 3.8) is 0 Å². The van der Waals surface area contributed by atoms with Crippen molar-refractivity contribution in [1.29, 1.82) is 0 Å². The van der Waals surface area contributed by atoms with Crippen molar-refractivity contribution in [3.05, 3.63) is 0 Å². The average molecular weight is 257 g/mol. The Labute approximate surface area is 112 Å². The van der Waals surface area contributed by atoms with Crippen LogP contribution in [0.5, 0.6) is 0 Å². The van der Waals surface area contributed by atoms with E-state index >= 15 is 0 Å². The second kappa shape index (κ2) is 6.85. The molecule has 108 valence electrons. The van der Waals surface area contributed by atoms with Crippen molar-refractivity contribution < 1.29 is 4.74 Å². The van der Waals surface area contributed by atoms with E-state index in [9.17, 15) is 0 Å². The van der Waals surface area contributed by atoms with Gasteiger partial charge < -0.3 is 15.4 Å². The largest absolute Gasteiger partial charge is 0.379 e. The fourth-order valence-electron chi connectivity index (χ4n) is 2.74. The molecule has 1 atom stereocenters. The van der Waals surface area contributed by atoms with Gasteiger partial charge in [-0.05, 0) is 60.3 Å². The molecule has 0 aromatic rings. The number of methoxy groups -OCH3 is 1. The molecule has 1 aliphatic heterocycles. The lowest BCUT2D eigenvalue weighted by Crippen LogP contribution is -2.51. The smallest absolute Gasteiger partial charge is 0.0638 e. The van der Waals surface area contributed by atoms with Gasteiger partial charge in [0.05, 0.1) is 5.60 Å². The number of rotatable bonds is 6. The van der Waals surface area contributed by atoms with Gasteiger partial charge in [-0.2, -0.15) is 0 Å². The Morgan fingerprint density at radius 3 is 2.39 bits per heavy atom. The SMILES string of the molecule is COC(C)(C)CC(CN)N(C)C1CCN(C)CC1. The number of nitrogens with two attached hydrogens (primary N) is 1. The van der Waals surface area contributed by atoms with Crippen LogP contribution >= 0.6 is 0 Å². The van der Waals surface area contributed by atoms with Crippen LogP contribution in [0.3, 0.4) is 0 Å². The quantitative estimate of drug-likeness (QED) is 0.775. The van der Waals surface area contributed by atoms with Crippen molar-refractivity contribution in [2.24, 2.45) is 5.73 Å². The fraction of sp³-hybridized carbons (Fsp3) is 1.00. The monoisotopic (exact) mass is 257 g/mol. The van der Waals surface area contributed by atoms with Gasteiger partial charge in [-0.1, -0.05) is 0 Å². The molecule has 1 aliphatic rings. The minimum atomic E-state index is -0.0935. The maximum atomic E-state index is 5.96. The van der Waals surface area contributed by atoms with Crippen LogP contribution in [0.4, 0.5) is 0 Å². The van der Waals surface area contributed by atoms with Crippen molar-refractivity contribution in [2.45, 2.75) is 50.8 Å². The van der Waals surface area contributed by atoms with Crippen LogP contribution in [-0.2, 0) is 4.74 Å². The Morgan fingerprint density at radius 1 is 1.39 bits per heavy atom. The number of hydrogen-bond acceptors (Lipinski definition) is 4. The van der Waals surface area contributed by atoms with Gasteiger partial charge in [-0.25, -0.2) is 0 Å². The molecule has 0 radical (unpaired) electrons. The molecule has 2 N–H and O–H groups in total. The number of piperidine rings is 1. The lowest BCUT2D eigenvalue weighted by Gasteiger charge is -2.41. The predicted molar refractivity (Wildman–Crippen MR) is 76.8 cm³/mol. The number of likely N-dealkylation sites (N-methyl/N-ethyl adjacent to an activating group) is 1. The van der Waals surface area contributed by atoms with Gasteiger partial charge in [0.15, 0.2) is 0 Å². The first-order valence-electron chi connectivity index (χ1n) is 7.05. The summed E-state index contributed by atoms with van der Waals surface area (Å²) in [7, 11) is 6.20. The van der Waals surface area contributed by atoms with E-state index in [0.717, 1.165) is 6.42 Å². The number of nitrogens with zero attached hydrogens (tertiary/aromatic N) is 2. The number of hydrogen-bond donors (Lipinski definition) is 1. The molecule has 0 amide bonds. The summed E-state index contributed by atoms with van der Waals surface area (Å²) in [6, 6.07) is 1.08. The number of ether oxygens (including phenoxy) is 1. The highest BCUT2D eigenvalue weighted by Crippen LogP contribution is 2.22. The molecular formula is C14H31N3O. The van der Waals surface area contributed by atoms with Gasteiger partial charge in [0.2, 0.25) is 0 Å². The zero-order valence-corrected chi connectivity index (χ0v) is 12.8. The molecule has 4 nitrogen and oxygen atoms in total. The molecular weight excluding hydrogens is 226 g/mol. The van der Waals surface area contributed by atoms with E-state index in [1.165, 1.54) is 25.9 Å². The van der Waals surface area contributed by atoms with Gasteiger partial charge in [-0.3, -0.25) is 4.90 Å². The summed E-state index contributed by atoms with van der Waals surface area (Å²) in [5.41, 5.74) is 5.87. The third-order valence-electron chi connectivity index (χ3n) is 4.39. The Morgan fingerprint density at radius 2 is 1.94 bits per heavy atom. The van der Waals surface area contributed by atoms with Crippen LogP contribution in [0.2, 0.25) is 0 Å². The molecule has 1 fully saturated rings. The van der Waals surface area contributed by atoms with Crippen LogP contribution in [0, 0.1) is 0 Å². The van der Waals surface area contributed by atoms with Crippen LogP contribution in [0.15, 0.2) is 0 Å². The van der Waals surface area contributed by atoms with Gasteiger partial charge in [0.1, 0.15) is 0 Å². The lowest BCUT2D eigenvalue weighted by atomic mass is 9.95. The lowest BCUT2D eigenvalue weighted by molar-refractivity contribution is -0.0135. The third kappa shape index (κ3) is 4.50. The van der Waals surface area contributed by atoms with E-state index in [2.05, 4.69) is 37.7 Å². The summed E-state index contributed by atoms with van der Waals surface area (Å²) < 4.78 is 5.53. The highest BCUT2D eigenvalue weighted by Gasteiger charge is 2.29. The molecule has 1 saturated heterocycles. The first kappa shape index (κ1) is 15.9. The molecule has 1 unspecified atom stereocenters. The molecule has 0 aliphatic carbocycles. The van der Waals surface area contributed by atoms with E-state index in [1.54, 1.807) is 7.11 Å². The van der Waals surface area contributed by atoms with Crippen LogP contribution in [0.1, 0.15) is 33.1 Å². The standard InChI is InChI=1S/C14H31N3O/c1-14(2,18-5)10-13(11-15)17(4)12-6-8-16(3)9-7-12/h12-13H,6-11,15H2,1-5H3. The third-order valence-corrected chi connectivity index (χ3v) is 4.39. The molecule has 1 rings (SSSR count). The maximum Gasteiger partial charge on any atom is 0.0638 e. The van der Waals surface area contributed by atoms with Crippen LogP contribution in [0.25, 0.3) is 0 Å². The van der Waals surface area contributed by atoms with Gasteiger partial charge >= 0.3 is 0 Å². The Kier molecular flexibility index (Phi) is 6.05.